The molecule has 3 nitrogen and oxygen atoms in total. The average molecular weight is 215 g/mol. The van der Waals surface area contributed by atoms with E-state index in [1.807, 2.05) is 13.2 Å². The summed E-state index contributed by atoms with van der Waals surface area (Å²) in [6, 6.07) is 8.25. The number of benzene rings is 1. The van der Waals surface area contributed by atoms with Crippen LogP contribution in [-0.4, -0.2) is 17.0 Å². The maximum absolute atomic E-state index is 4.38. The van der Waals surface area contributed by atoms with E-state index in [0.717, 1.165) is 29.9 Å². The van der Waals surface area contributed by atoms with Crippen molar-refractivity contribution < 1.29 is 0 Å². The van der Waals surface area contributed by atoms with Crippen molar-refractivity contribution in [2.24, 2.45) is 0 Å². The summed E-state index contributed by atoms with van der Waals surface area (Å²) < 4.78 is 0. The molecule has 0 aliphatic heterocycles. The van der Waals surface area contributed by atoms with Crippen molar-refractivity contribution in [2.45, 2.75) is 19.8 Å². The lowest BCUT2D eigenvalue weighted by molar-refractivity contribution is 0.893. The normalized spacial score (nSPS) is 10.4. The summed E-state index contributed by atoms with van der Waals surface area (Å²) in [6.07, 6.45) is 4.12. The molecule has 0 atom stereocenters. The third-order valence-corrected chi connectivity index (χ3v) is 2.59. The summed E-state index contributed by atoms with van der Waals surface area (Å²) in [5.74, 6) is 0.950. The first kappa shape index (κ1) is 10.7. The first-order chi connectivity index (χ1) is 7.83. The highest BCUT2D eigenvalue weighted by atomic mass is 14.9. The fraction of sp³-hybridized carbons (Fsp3) is 0.308. The molecule has 0 unspecified atom stereocenters. The molecule has 0 fully saturated rings. The van der Waals surface area contributed by atoms with Crippen LogP contribution >= 0.6 is 0 Å². The second kappa shape index (κ2) is 4.84. The molecule has 1 aromatic heterocycles. The van der Waals surface area contributed by atoms with Crippen molar-refractivity contribution in [3.05, 3.63) is 36.2 Å². The van der Waals surface area contributed by atoms with Crippen LogP contribution in [0.2, 0.25) is 0 Å². The molecule has 16 heavy (non-hydrogen) atoms. The number of nitrogens with zero attached hydrogens (tertiary/aromatic N) is 1. The lowest BCUT2D eigenvalue weighted by Gasteiger charge is -2.01. The fourth-order valence-corrected chi connectivity index (χ4v) is 1.70. The van der Waals surface area contributed by atoms with Crippen molar-refractivity contribution >= 4 is 5.69 Å². The standard InChI is InChI=1S/C13H17N3/c1-3-4-12-9-15-13(16-12)10-5-7-11(14-2)8-6-10/h5-9,14H,3-4H2,1-2H3,(H,15,16). The molecule has 2 rings (SSSR count). The maximum Gasteiger partial charge on any atom is 0.137 e. The summed E-state index contributed by atoms with van der Waals surface area (Å²) >= 11 is 0. The Morgan fingerprint density at radius 1 is 1.25 bits per heavy atom. The zero-order valence-electron chi connectivity index (χ0n) is 9.75. The Labute approximate surface area is 95.9 Å². The number of rotatable bonds is 4. The Hall–Kier alpha value is -1.77. The molecule has 1 heterocycles. The highest BCUT2D eigenvalue weighted by Crippen LogP contribution is 2.18. The van der Waals surface area contributed by atoms with Gasteiger partial charge in [-0.2, -0.15) is 0 Å². The molecule has 0 amide bonds. The minimum absolute atomic E-state index is 0.950. The van der Waals surface area contributed by atoms with Gasteiger partial charge >= 0.3 is 0 Å². The van der Waals surface area contributed by atoms with Crippen molar-refractivity contribution in [3.63, 3.8) is 0 Å². The van der Waals surface area contributed by atoms with Crippen LogP contribution in [-0.2, 0) is 6.42 Å². The largest absolute Gasteiger partial charge is 0.388 e. The van der Waals surface area contributed by atoms with E-state index in [9.17, 15) is 0 Å². The Kier molecular flexibility index (Phi) is 3.25. The molecule has 0 spiro atoms. The Morgan fingerprint density at radius 2 is 2.00 bits per heavy atom. The number of aryl methyl sites for hydroxylation is 1. The van der Waals surface area contributed by atoms with Gasteiger partial charge in [0.25, 0.3) is 0 Å². The molecule has 0 saturated carbocycles. The molecule has 2 N–H and O–H groups in total. The highest BCUT2D eigenvalue weighted by molar-refractivity contribution is 5.59. The molecule has 1 aromatic carbocycles. The number of hydrogen-bond donors (Lipinski definition) is 2. The van der Waals surface area contributed by atoms with Gasteiger partial charge in [-0.1, -0.05) is 13.3 Å². The average Bonchev–Trinajstić information content (AvgIpc) is 2.78. The number of nitrogens with one attached hydrogen (secondary N) is 2. The SMILES string of the molecule is CCCc1cnc(-c2ccc(NC)cc2)[nH]1. The van der Waals surface area contributed by atoms with E-state index in [4.69, 9.17) is 0 Å². The lowest BCUT2D eigenvalue weighted by Crippen LogP contribution is -1.88. The predicted molar refractivity (Wildman–Crippen MR) is 67.6 cm³/mol. The van der Waals surface area contributed by atoms with Crippen molar-refractivity contribution in [2.75, 3.05) is 12.4 Å². The van der Waals surface area contributed by atoms with Crippen LogP contribution in [0.3, 0.4) is 0 Å². The quantitative estimate of drug-likeness (QED) is 0.823. The van der Waals surface area contributed by atoms with Gasteiger partial charge in [0.1, 0.15) is 5.82 Å². The smallest absolute Gasteiger partial charge is 0.137 e. The van der Waals surface area contributed by atoms with Gasteiger partial charge in [-0.25, -0.2) is 4.98 Å². The van der Waals surface area contributed by atoms with Crippen LogP contribution in [0.1, 0.15) is 19.0 Å². The van der Waals surface area contributed by atoms with Crippen LogP contribution in [0.5, 0.6) is 0 Å². The topological polar surface area (TPSA) is 40.7 Å². The van der Waals surface area contributed by atoms with Gasteiger partial charge in [0.2, 0.25) is 0 Å². The molecule has 0 aliphatic rings. The van der Waals surface area contributed by atoms with E-state index < -0.39 is 0 Å². The number of anilines is 1. The summed E-state index contributed by atoms with van der Waals surface area (Å²) in [5, 5.41) is 3.10. The van der Waals surface area contributed by atoms with Gasteiger partial charge in [-0.3, -0.25) is 0 Å². The van der Waals surface area contributed by atoms with E-state index in [1.165, 1.54) is 5.69 Å². The summed E-state index contributed by atoms with van der Waals surface area (Å²) in [6.45, 7) is 2.17. The number of hydrogen-bond acceptors (Lipinski definition) is 2. The number of aromatic amines is 1. The van der Waals surface area contributed by atoms with Gasteiger partial charge in [0.15, 0.2) is 0 Å². The molecule has 3 heteroatoms. The molecule has 0 bridgehead atoms. The number of H-pyrrole nitrogens is 1. The van der Waals surface area contributed by atoms with E-state index >= 15 is 0 Å². The highest BCUT2D eigenvalue weighted by Gasteiger charge is 2.02. The zero-order chi connectivity index (χ0) is 11.4. The minimum atomic E-state index is 0.950. The van der Waals surface area contributed by atoms with Gasteiger partial charge in [0.05, 0.1) is 0 Å². The van der Waals surface area contributed by atoms with Gasteiger partial charge < -0.3 is 10.3 Å². The van der Waals surface area contributed by atoms with E-state index in [1.54, 1.807) is 0 Å². The van der Waals surface area contributed by atoms with E-state index in [-0.39, 0.29) is 0 Å². The van der Waals surface area contributed by atoms with Crippen LogP contribution < -0.4 is 5.32 Å². The first-order valence-electron chi connectivity index (χ1n) is 5.65. The third kappa shape index (κ3) is 2.24. The first-order valence-corrected chi connectivity index (χ1v) is 5.65. The summed E-state index contributed by atoms with van der Waals surface area (Å²) in [5.41, 5.74) is 3.45. The van der Waals surface area contributed by atoms with Crippen molar-refractivity contribution in [3.8, 4) is 11.4 Å². The monoisotopic (exact) mass is 215 g/mol. The molecular formula is C13H17N3. The number of imidazole rings is 1. The molecular weight excluding hydrogens is 198 g/mol. The second-order valence-corrected chi connectivity index (χ2v) is 3.83. The van der Waals surface area contributed by atoms with Crippen LogP contribution in [0.15, 0.2) is 30.5 Å². The van der Waals surface area contributed by atoms with E-state index in [0.29, 0.717) is 0 Å². The zero-order valence-corrected chi connectivity index (χ0v) is 9.75. The van der Waals surface area contributed by atoms with Crippen LogP contribution in [0, 0.1) is 0 Å². The van der Waals surface area contributed by atoms with Crippen LogP contribution in [0.25, 0.3) is 11.4 Å². The van der Waals surface area contributed by atoms with Crippen LogP contribution in [0.4, 0.5) is 5.69 Å². The Bertz CT molecular complexity index is 442. The van der Waals surface area contributed by atoms with Crippen molar-refractivity contribution in [1.29, 1.82) is 0 Å². The summed E-state index contributed by atoms with van der Waals surface area (Å²) in [7, 11) is 1.92. The Balaban J connectivity index is 2.21. The molecule has 84 valence electrons. The number of aromatic nitrogens is 2. The fourth-order valence-electron chi connectivity index (χ4n) is 1.70. The second-order valence-electron chi connectivity index (χ2n) is 3.83. The summed E-state index contributed by atoms with van der Waals surface area (Å²) in [4.78, 5) is 7.72. The van der Waals surface area contributed by atoms with Gasteiger partial charge in [0, 0.05) is 30.2 Å². The minimum Gasteiger partial charge on any atom is -0.388 e. The molecule has 2 aromatic rings. The lowest BCUT2D eigenvalue weighted by atomic mass is 10.2. The van der Waals surface area contributed by atoms with Crippen molar-refractivity contribution in [1.82, 2.24) is 9.97 Å². The van der Waals surface area contributed by atoms with E-state index in [2.05, 4.69) is 46.5 Å². The molecule has 0 saturated heterocycles. The molecule has 0 radical (unpaired) electrons. The maximum atomic E-state index is 4.38. The molecule has 0 aliphatic carbocycles. The Morgan fingerprint density at radius 3 is 2.62 bits per heavy atom. The third-order valence-electron chi connectivity index (χ3n) is 2.59. The van der Waals surface area contributed by atoms with Gasteiger partial charge in [-0.15, -0.1) is 0 Å². The van der Waals surface area contributed by atoms with Gasteiger partial charge in [-0.05, 0) is 30.7 Å². The predicted octanol–water partition coefficient (Wildman–Crippen LogP) is 3.07.